The molecule has 0 atom stereocenters. The van der Waals surface area contributed by atoms with E-state index >= 15 is 0 Å². The summed E-state index contributed by atoms with van der Waals surface area (Å²) in [5, 5.41) is 2.83. The summed E-state index contributed by atoms with van der Waals surface area (Å²) in [6.07, 6.45) is 3.86. The number of benzene rings is 2. The van der Waals surface area contributed by atoms with Crippen LogP contribution in [0.1, 0.15) is 40.7 Å². The quantitative estimate of drug-likeness (QED) is 0.716. The molecular weight excluding hydrogens is 378 g/mol. The van der Waals surface area contributed by atoms with Crippen molar-refractivity contribution in [3.05, 3.63) is 59.2 Å². The molecule has 1 heterocycles. The van der Waals surface area contributed by atoms with Crippen LogP contribution in [0.5, 0.6) is 11.5 Å². The predicted octanol–water partition coefficient (Wildman–Crippen LogP) is 4.21. The molecule has 1 aliphatic rings. The van der Waals surface area contributed by atoms with Gasteiger partial charge in [0.15, 0.2) is 11.5 Å². The topological polar surface area (TPSA) is 50.8 Å². The summed E-state index contributed by atoms with van der Waals surface area (Å²) in [6, 6.07) is 12.3. The van der Waals surface area contributed by atoms with E-state index in [1.807, 2.05) is 12.1 Å². The Morgan fingerprint density at radius 3 is 2.38 bits per heavy atom. The van der Waals surface area contributed by atoms with Crippen LogP contribution in [-0.2, 0) is 13.1 Å². The Morgan fingerprint density at radius 2 is 1.72 bits per heavy atom. The van der Waals surface area contributed by atoms with Crippen LogP contribution in [0.15, 0.2) is 42.5 Å². The number of carbonyl (C=O) groups is 1. The summed E-state index contributed by atoms with van der Waals surface area (Å²) >= 11 is 0. The average Bonchev–Trinajstić information content (AvgIpc) is 2.73. The van der Waals surface area contributed by atoms with E-state index in [0.717, 1.165) is 25.2 Å². The highest BCUT2D eigenvalue weighted by Gasteiger charge is 2.14. The lowest BCUT2D eigenvalue weighted by atomic mass is 10.1. The number of piperidine rings is 1. The lowest BCUT2D eigenvalue weighted by Crippen LogP contribution is -2.29. The Bertz CT molecular complexity index is 806. The average molecular weight is 404 g/mol. The lowest BCUT2D eigenvalue weighted by molar-refractivity contribution is -0.0512. The maximum atomic E-state index is 12.4. The third kappa shape index (κ3) is 6.15. The Morgan fingerprint density at radius 1 is 1.03 bits per heavy atom. The van der Waals surface area contributed by atoms with Crippen molar-refractivity contribution in [2.45, 2.75) is 39.0 Å². The molecule has 0 aliphatic carbocycles. The van der Waals surface area contributed by atoms with Gasteiger partial charge in [0, 0.05) is 18.7 Å². The number of hydrogen-bond donors (Lipinski definition) is 1. The smallest absolute Gasteiger partial charge is 0.387 e. The fourth-order valence-electron chi connectivity index (χ4n) is 3.42. The largest absolute Gasteiger partial charge is 0.493 e. The fraction of sp³-hybridized carbons (Fsp3) is 0.409. The van der Waals surface area contributed by atoms with Gasteiger partial charge in [0.05, 0.1) is 7.11 Å². The summed E-state index contributed by atoms with van der Waals surface area (Å²) in [4.78, 5) is 14.9. The van der Waals surface area contributed by atoms with E-state index in [1.165, 1.54) is 50.1 Å². The van der Waals surface area contributed by atoms with Crippen LogP contribution in [0.25, 0.3) is 0 Å². The summed E-state index contributed by atoms with van der Waals surface area (Å²) < 4.78 is 34.2. The standard InChI is InChI=1S/C22H26F2N2O3/c1-28-20-13-18(9-10-19(20)29-22(23)24)21(27)25-14-16-5-7-17(8-6-16)15-26-11-3-2-4-12-26/h5-10,13,22H,2-4,11-12,14-15H2,1H3,(H,25,27). The zero-order chi connectivity index (χ0) is 20.6. The van der Waals surface area contributed by atoms with Crippen LogP contribution < -0.4 is 14.8 Å². The molecule has 0 aromatic heterocycles. The van der Waals surface area contributed by atoms with Crippen molar-refractivity contribution >= 4 is 5.91 Å². The minimum absolute atomic E-state index is 0.0833. The number of hydrogen-bond acceptors (Lipinski definition) is 4. The molecule has 5 nitrogen and oxygen atoms in total. The highest BCUT2D eigenvalue weighted by molar-refractivity contribution is 5.94. The Balaban J connectivity index is 1.54. The van der Waals surface area contributed by atoms with E-state index in [-0.39, 0.29) is 17.4 Å². The van der Waals surface area contributed by atoms with Gasteiger partial charge in [-0.05, 0) is 55.3 Å². The number of nitrogens with one attached hydrogen (secondary N) is 1. The van der Waals surface area contributed by atoms with Crippen LogP contribution in [0.4, 0.5) is 8.78 Å². The molecule has 1 amide bonds. The third-order valence-corrected chi connectivity index (χ3v) is 4.97. The highest BCUT2D eigenvalue weighted by Crippen LogP contribution is 2.29. The van der Waals surface area contributed by atoms with Gasteiger partial charge in [0.25, 0.3) is 5.91 Å². The molecule has 0 unspecified atom stereocenters. The maximum absolute atomic E-state index is 12.4. The number of nitrogens with zero attached hydrogens (tertiary/aromatic N) is 1. The summed E-state index contributed by atoms with van der Waals surface area (Å²) in [5.41, 5.74) is 2.57. The number of methoxy groups -OCH3 is 1. The molecule has 0 radical (unpaired) electrons. The van der Waals surface area contributed by atoms with Gasteiger partial charge in [0.1, 0.15) is 0 Å². The summed E-state index contributed by atoms with van der Waals surface area (Å²) in [7, 11) is 1.33. The first kappa shape index (κ1) is 21.0. The van der Waals surface area contributed by atoms with E-state index in [0.29, 0.717) is 12.1 Å². The van der Waals surface area contributed by atoms with Gasteiger partial charge in [-0.1, -0.05) is 30.7 Å². The number of ether oxygens (including phenoxy) is 2. The number of likely N-dealkylation sites (tertiary alicyclic amines) is 1. The van der Waals surface area contributed by atoms with E-state index in [4.69, 9.17) is 4.74 Å². The summed E-state index contributed by atoms with van der Waals surface area (Å²) in [5.74, 6) is -0.340. The zero-order valence-electron chi connectivity index (χ0n) is 16.5. The first-order valence-electron chi connectivity index (χ1n) is 9.76. The van der Waals surface area contributed by atoms with Gasteiger partial charge in [-0.25, -0.2) is 0 Å². The molecule has 2 aromatic rings. The molecule has 0 spiro atoms. The Labute approximate surface area is 169 Å². The van der Waals surface area contributed by atoms with Gasteiger partial charge in [-0.15, -0.1) is 0 Å². The molecule has 1 saturated heterocycles. The molecule has 1 fully saturated rings. The van der Waals surface area contributed by atoms with Gasteiger partial charge in [-0.2, -0.15) is 8.78 Å². The van der Waals surface area contributed by atoms with Crippen molar-refractivity contribution in [2.75, 3.05) is 20.2 Å². The van der Waals surface area contributed by atoms with Crippen molar-refractivity contribution in [2.24, 2.45) is 0 Å². The van der Waals surface area contributed by atoms with Gasteiger partial charge in [0.2, 0.25) is 0 Å². The van der Waals surface area contributed by atoms with Crippen molar-refractivity contribution < 1.29 is 23.0 Å². The van der Waals surface area contributed by atoms with Gasteiger partial charge >= 0.3 is 6.61 Å². The van der Waals surface area contributed by atoms with Crippen LogP contribution in [-0.4, -0.2) is 37.6 Å². The number of rotatable bonds is 8. The normalized spacial score (nSPS) is 14.6. The van der Waals surface area contributed by atoms with E-state index in [2.05, 4.69) is 27.1 Å². The third-order valence-electron chi connectivity index (χ3n) is 4.97. The fourth-order valence-corrected chi connectivity index (χ4v) is 3.42. The highest BCUT2D eigenvalue weighted by atomic mass is 19.3. The van der Waals surface area contributed by atoms with Gasteiger partial charge in [-0.3, -0.25) is 9.69 Å². The monoisotopic (exact) mass is 404 g/mol. The lowest BCUT2D eigenvalue weighted by Gasteiger charge is -2.26. The molecule has 3 rings (SSSR count). The number of halogens is 2. The molecule has 156 valence electrons. The molecule has 7 heteroatoms. The SMILES string of the molecule is COc1cc(C(=O)NCc2ccc(CN3CCCCC3)cc2)ccc1OC(F)F. The molecular formula is C22H26F2N2O3. The molecule has 1 N–H and O–H groups in total. The van der Waals surface area contributed by atoms with E-state index < -0.39 is 6.61 Å². The zero-order valence-corrected chi connectivity index (χ0v) is 16.5. The van der Waals surface area contributed by atoms with Crippen LogP contribution in [0.3, 0.4) is 0 Å². The van der Waals surface area contributed by atoms with Crippen molar-refractivity contribution in [3.8, 4) is 11.5 Å². The number of alkyl halides is 2. The second-order valence-electron chi connectivity index (χ2n) is 7.08. The molecule has 0 bridgehead atoms. The predicted molar refractivity (Wildman–Crippen MR) is 106 cm³/mol. The molecule has 1 aliphatic heterocycles. The minimum Gasteiger partial charge on any atom is -0.493 e. The minimum atomic E-state index is -2.96. The first-order valence-corrected chi connectivity index (χ1v) is 9.76. The molecule has 29 heavy (non-hydrogen) atoms. The van der Waals surface area contributed by atoms with Gasteiger partial charge < -0.3 is 14.8 Å². The maximum Gasteiger partial charge on any atom is 0.387 e. The Hall–Kier alpha value is -2.67. The number of amides is 1. The Kier molecular flexibility index (Phi) is 7.41. The first-order chi connectivity index (χ1) is 14.0. The van der Waals surface area contributed by atoms with E-state index in [1.54, 1.807) is 0 Å². The van der Waals surface area contributed by atoms with Crippen LogP contribution >= 0.6 is 0 Å². The summed E-state index contributed by atoms with van der Waals surface area (Å²) in [6.45, 7) is 0.687. The van der Waals surface area contributed by atoms with E-state index in [9.17, 15) is 13.6 Å². The van der Waals surface area contributed by atoms with Crippen molar-refractivity contribution in [1.82, 2.24) is 10.2 Å². The number of carbonyl (C=O) groups excluding carboxylic acids is 1. The second kappa shape index (κ2) is 10.2. The van der Waals surface area contributed by atoms with Crippen molar-refractivity contribution in [1.29, 1.82) is 0 Å². The molecule has 2 aromatic carbocycles. The van der Waals surface area contributed by atoms with Crippen LogP contribution in [0, 0.1) is 0 Å². The second-order valence-corrected chi connectivity index (χ2v) is 7.08. The van der Waals surface area contributed by atoms with Crippen molar-refractivity contribution in [3.63, 3.8) is 0 Å². The van der Waals surface area contributed by atoms with Crippen LogP contribution in [0.2, 0.25) is 0 Å². The molecule has 0 saturated carbocycles.